The Morgan fingerprint density at radius 1 is 1.26 bits per heavy atom. The van der Waals surface area contributed by atoms with Crippen LogP contribution < -0.4 is 4.72 Å². The maximum absolute atomic E-state index is 12.5. The van der Waals surface area contributed by atoms with E-state index in [1.165, 1.54) is 24.3 Å². The molecule has 0 saturated carbocycles. The molecule has 0 heterocycles. The summed E-state index contributed by atoms with van der Waals surface area (Å²) < 4.78 is 31.9. The number of carbonyl (C=O) groups is 2. The molecule has 1 rings (SSSR count). The van der Waals surface area contributed by atoms with E-state index in [4.69, 9.17) is 4.74 Å². The maximum atomic E-state index is 12.5. The lowest BCUT2D eigenvalue weighted by Gasteiger charge is -2.17. The Kier molecular flexibility index (Phi) is 6.71. The number of sulfonamides is 1. The summed E-state index contributed by atoms with van der Waals surface area (Å²) in [6, 6.07) is 4.26. The van der Waals surface area contributed by atoms with Gasteiger partial charge in [-0.2, -0.15) is 4.72 Å². The lowest BCUT2D eigenvalue weighted by atomic mass is 10.1. The van der Waals surface area contributed by atoms with Crippen molar-refractivity contribution in [1.82, 2.24) is 4.72 Å². The first-order valence-electron chi connectivity index (χ1n) is 7.20. The van der Waals surface area contributed by atoms with Gasteiger partial charge in [0.15, 0.2) is 0 Å². The van der Waals surface area contributed by atoms with Crippen LogP contribution in [0.2, 0.25) is 0 Å². The molecule has 1 aromatic carbocycles. The van der Waals surface area contributed by atoms with E-state index < -0.39 is 28.0 Å². The highest BCUT2D eigenvalue weighted by Crippen LogP contribution is 2.18. The highest BCUT2D eigenvalue weighted by Gasteiger charge is 2.29. The molecule has 0 amide bonds. The van der Waals surface area contributed by atoms with Crippen molar-refractivity contribution in [2.45, 2.75) is 38.1 Å². The zero-order valence-corrected chi connectivity index (χ0v) is 14.1. The predicted octanol–water partition coefficient (Wildman–Crippen LogP) is 1.64. The highest BCUT2D eigenvalue weighted by atomic mass is 32.2. The molecular weight excluding hydrogens is 322 g/mol. The van der Waals surface area contributed by atoms with E-state index in [2.05, 4.69) is 4.72 Å². The Bertz CT molecular complexity index is 668. The summed E-state index contributed by atoms with van der Waals surface area (Å²) in [7, 11) is -4.18. The zero-order valence-electron chi connectivity index (χ0n) is 13.3. The molecule has 0 fully saturated rings. The Morgan fingerprint density at radius 3 is 2.39 bits per heavy atom. The second-order valence-corrected chi connectivity index (χ2v) is 7.04. The molecule has 23 heavy (non-hydrogen) atoms. The number of esters is 1. The zero-order chi connectivity index (χ0) is 17.6. The fourth-order valence-corrected chi connectivity index (χ4v) is 3.40. The Balaban J connectivity index is 3.18. The first kappa shape index (κ1) is 19.1. The van der Waals surface area contributed by atoms with Crippen LogP contribution in [0.25, 0.3) is 0 Å². The van der Waals surface area contributed by atoms with E-state index in [1.54, 1.807) is 20.8 Å². The largest absolute Gasteiger partial charge is 0.480 e. The molecule has 0 saturated heterocycles. The number of carboxylic acid groups (broad SMARTS) is 1. The van der Waals surface area contributed by atoms with Crippen LogP contribution in [-0.2, 0) is 19.6 Å². The number of benzene rings is 1. The van der Waals surface area contributed by atoms with Gasteiger partial charge >= 0.3 is 11.9 Å². The van der Waals surface area contributed by atoms with Crippen LogP contribution in [0.4, 0.5) is 0 Å². The summed E-state index contributed by atoms with van der Waals surface area (Å²) >= 11 is 0. The van der Waals surface area contributed by atoms with E-state index in [0.717, 1.165) is 0 Å². The number of aliphatic carboxylic acids is 1. The van der Waals surface area contributed by atoms with Crippen molar-refractivity contribution >= 4 is 22.0 Å². The van der Waals surface area contributed by atoms with Gasteiger partial charge in [-0.3, -0.25) is 4.79 Å². The molecule has 0 spiro atoms. The third-order valence-electron chi connectivity index (χ3n) is 2.97. The number of rotatable bonds is 8. The third-order valence-corrected chi connectivity index (χ3v) is 4.50. The average molecular weight is 343 g/mol. The van der Waals surface area contributed by atoms with Crippen molar-refractivity contribution in [1.29, 1.82) is 0 Å². The fourth-order valence-electron chi connectivity index (χ4n) is 2.00. The monoisotopic (exact) mass is 343 g/mol. The summed E-state index contributed by atoms with van der Waals surface area (Å²) in [4.78, 5) is 22.8. The molecule has 7 nitrogen and oxygen atoms in total. The van der Waals surface area contributed by atoms with Crippen LogP contribution in [0.15, 0.2) is 29.2 Å². The van der Waals surface area contributed by atoms with Crippen LogP contribution in [0, 0.1) is 5.92 Å². The highest BCUT2D eigenvalue weighted by molar-refractivity contribution is 7.89. The Morgan fingerprint density at radius 2 is 1.87 bits per heavy atom. The average Bonchev–Trinajstić information content (AvgIpc) is 2.46. The second-order valence-electron chi connectivity index (χ2n) is 5.36. The lowest BCUT2D eigenvalue weighted by Crippen LogP contribution is -2.42. The van der Waals surface area contributed by atoms with Gasteiger partial charge in [0.1, 0.15) is 6.04 Å². The maximum Gasteiger partial charge on any atom is 0.339 e. The van der Waals surface area contributed by atoms with E-state index in [1.807, 2.05) is 0 Å². The van der Waals surface area contributed by atoms with E-state index in [9.17, 15) is 23.1 Å². The van der Waals surface area contributed by atoms with Crippen molar-refractivity contribution in [2.24, 2.45) is 5.92 Å². The summed E-state index contributed by atoms with van der Waals surface area (Å²) in [5.41, 5.74) is -0.129. The SMILES string of the molecule is CCOC(=O)c1ccccc1S(=O)(=O)NC(CC(C)C)C(=O)O. The molecule has 1 atom stereocenters. The smallest absolute Gasteiger partial charge is 0.339 e. The van der Waals surface area contributed by atoms with Gasteiger partial charge in [-0.25, -0.2) is 13.2 Å². The summed E-state index contributed by atoms with van der Waals surface area (Å²) in [5.74, 6) is -2.06. The first-order valence-corrected chi connectivity index (χ1v) is 8.68. The van der Waals surface area contributed by atoms with Gasteiger partial charge in [0.05, 0.1) is 17.1 Å². The molecule has 0 aromatic heterocycles. The molecule has 1 unspecified atom stereocenters. The molecule has 0 bridgehead atoms. The summed E-state index contributed by atoms with van der Waals surface area (Å²) in [6.45, 7) is 5.29. The van der Waals surface area contributed by atoms with Gasteiger partial charge < -0.3 is 9.84 Å². The number of hydrogen-bond acceptors (Lipinski definition) is 5. The second kappa shape index (κ2) is 8.07. The number of nitrogens with one attached hydrogen (secondary N) is 1. The van der Waals surface area contributed by atoms with Crippen LogP contribution in [0.5, 0.6) is 0 Å². The van der Waals surface area contributed by atoms with Crippen LogP contribution >= 0.6 is 0 Å². The summed E-state index contributed by atoms with van der Waals surface area (Å²) in [5, 5.41) is 9.18. The molecular formula is C15H21NO6S. The van der Waals surface area contributed by atoms with Crippen molar-refractivity contribution in [2.75, 3.05) is 6.61 Å². The molecule has 128 valence electrons. The minimum atomic E-state index is -4.18. The minimum absolute atomic E-state index is 0.0147. The third kappa shape index (κ3) is 5.33. The van der Waals surface area contributed by atoms with Crippen LogP contribution in [0.1, 0.15) is 37.6 Å². The van der Waals surface area contributed by atoms with Gasteiger partial charge in [-0.05, 0) is 31.4 Å². The number of carboxylic acids is 1. The molecule has 0 aliphatic carbocycles. The molecule has 0 radical (unpaired) electrons. The molecule has 1 aromatic rings. The van der Waals surface area contributed by atoms with Crippen molar-refractivity contribution < 1.29 is 27.9 Å². The topological polar surface area (TPSA) is 110 Å². The van der Waals surface area contributed by atoms with Gasteiger partial charge in [0.2, 0.25) is 10.0 Å². The van der Waals surface area contributed by atoms with Gasteiger partial charge in [0.25, 0.3) is 0 Å². The van der Waals surface area contributed by atoms with Crippen molar-refractivity contribution in [3.8, 4) is 0 Å². The quantitative estimate of drug-likeness (QED) is 0.694. The molecule has 2 N–H and O–H groups in total. The molecule has 0 aliphatic rings. The van der Waals surface area contributed by atoms with Gasteiger partial charge in [-0.15, -0.1) is 0 Å². The lowest BCUT2D eigenvalue weighted by molar-refractivity contribution is -0.139. The van der Waals surface area contributed by atoms with Crippen LogP contribution in [-0.4, -0.2) is 38.1 Å². The number of hydrogen-bond donors (Lipinski definition) is 2. The first-order chi connectivity index (χ1) is 10.7. The van der Waals surface area contributed by atoms with E-state index in [-0.39, 0.29) is 29.4 Å². The Hall–Kier alpha value is -1.93. The Labute approximate surface area is 135 Å². The van der Waals surface area contributed by atoms with E-state index in [0.29, 0.717) is 0 Å². The standard InChI is InChI=1S/C15H21NO6S/c1-4-22-15(19)11-7-5-6-8-13(11)23(20,21)16-12(14(17)18)9-10(2)3/h5-8,10,12,16H,4,9H2,1-3H3,(H,17,18). The minimum Gasteiger partial charge on any atom is -0.480 e. The molecule has 0 aliphatic heterocycles. The molecule has 8 heteroatoms. The fraction of sp³-hybridized carbons (Fsp3) is 0.467. The van der Waals surface area contributed by atoms with Crippen LogP contribution in [0.3, 0.4) is 0 Å². The van der Waals surface area contributed by atoms with Crippen molar-refractivity contribution in [3.05, 3.63) is 29.8 Å². The summed E-state index contributed by atoms with van der Waals surface area (Å²) in [6.07, 6.45) is 0.135. The number of carbonyl (C=O) groups excluding carboxylic acids is 1. The van der Waals surface area contributed by atoms with Gasteiger partial charge in [0, 0.05) is 0 Å². The number of ether oxygens (including phenoxy) is 1. The normalized spacial score (nSPS) is 12.9. The predicted molar refractivity (Wildman–Crippen MR) is 83.6 cm³/mol. The van der Waals surface area contributed by atoms with E-state index >= 15 is 0 Å². The van der Waals surface area contributed by atoms with Crippen molar-refractivity contribution in [3.63, 3.8) is 0 Å². The van der Waals surface area contributed by atoms with Gasteiger partial charge in [-0.1, -0.05) is 26.0 Å².